The van der Waals surface area contributed by atoms with Gasteiger partial charge in [0.05, 0.1) is 0 Å². The number of hydrogen-bond donors (Lipinski definition) is 1. The molecule has 1 saturated carbocycles. The topological polar surface area (TPSA) is 49.4 Å². The molecule has 2 amide bonds. The minimum atomic E-state index is -0.684. The van der Waals surface area contributed by atoms with Crippen LogP contribution in [-0.4, -0.2) is 33.8 Å². The molecule has 1 N–H and O–H groups in total. The number of rotatable bonds is 1. The summed E-state index contributed by atoms with van der Waals surface area (Å²) in [5, 5.41) is 2.93. The van der Waals surface area contributed by atoms with Gasteiger partial charge in [0.2, 0.25) is 11.8 Å². The van der Waals surface area contributed by atoms with E-state index >= 15 is 0 Å². The summed E-state index contributed by atoms with van der Waals surface area (Å²) < 4.78 is 0. The smallest absolute Gasteiger partial charge is 0.249 e. The van der Waals surface area contributed by atoms with Gasteiger partial charge in [-0.15, -0.1) is 0 Å². The highest BCUT2D eigenvalue weighted by Crippen LogP contribution is 2.43. The van der Waals surface area contributed by atoms with E-state index in [0.717, 1.165) is 12.8 Å². The van der Waals surface area contributed by atoms with Gasteiger partial charge in [-0.25, -0.2) is 0 Å². The van der Waals surface area contributed by atoms with E-state index in [0.29, 0.717) is 5.92 Å². The van der Waals surface area contributed by atoms with Crippen LogP contribution in [0.2, 0.25) is 0 Å². The van der Waals surface area contributed by atoms with E-state index in [1.807, 2.05) is 27.7 Å². The number of nitrogens with zero attached hydrogens (tertiary/aromatic N) is 1. The predicted molar refractivity (Wildman–Crippen MR) is 65.3 cm³/mol. The fourth-order valence-corrected chi connectivity index (χ4v) is 2.78. The Kier molecular flexibility index (Phi) is 2.53. The maximum absolute atomic E-state index is 12.6. The first-order chi connectivity index (χ1) is 7.68. The van der Waals surface area contributed by atoms with E-state index in [1.54, 1.807) is 11.8 Å². The molecule has 0 aromatic heterocycles. The van der Waals surface area contributed by atoms with Crippen molar-refractivity contribution in [2.45, 2.75) is 64.6 Å². The molecule has 0 bridgehead atoms. The molecular weight excluding hydrogens is 216 g/mol. The molecule has 4 heteroatoms. The van der Waals surface area contributed by atoms with Gasteiger partial charge in [0.1, 0.15) is 11.6 Å². The van der Waals surface area contributed by atoms with Crippen molar-refractivity contribution in [3.63, 3.8) is 0 Å². The maximum atomic E-state index is 12.6. The molecule has 2 atom stereocenters. The molecular formula is C13H22N2O2. The van der Waals surface area contributed by atoms with Crippen molar-refractivity contribution >= 4 is 11.8 Å². The van der Waals surface area contributed by atoms with Crippen LogP contribution in [0, 0.1) is 5.92 Å². The third kappa shape index (κ3) is 1.83. The molecule has 0 radical (unpaired) electrons. The number of carbonyl (C=O) groups is 2. The van der Waals surface area contributed by atoms with Gasteiger partial charge in [0.15, 0.2) is 0 Å². The third-order valence-electron chi connectivity index (χ3n) is 3.93. The molecule has 96 valence electrons. The summed E-state index contributed by atoms with van der Waals surface area (Å²) >= 11 is 0. The van der Waals surface area contributed by atoms with Crippen molar-refractivity contribution < 1.29 is 9.59 Å². The zero-order valence-corrected chi connectivity index (χ0v) is 11.3. The van der Waals surface area contributed by atoms with Gasteiger partial charge in [0, 0.05) is 5.54 Å². The van der Waals surface area contributed by atoms with Crippen LogP contribution in [0.5, 0.6) is 0 Å². The van der Waals surface area contributed by atoms with E-state index in [-0.39, 0.29) is 23.4 Å². The SMILES string of the molecule is CC1C(=O)NC(C)(C2CC2)C(=O)N1C(C)(C)C. The van der Waals surface area contributed by atoms with Crippen molar-refractivity contribution in [3.8, 4) is 0 Å². The van der Waals surface area contributed by atoms with Crippen molar-refractivity contribution in [1.82, 2.24) is 10.2 Å². The fourth-order valence-electron chi connectivity index (χ4n) is 2.78. The average molecular weight is 238 g/mol. The second kappa shape index (κ2) is 3.47. The lowest BCUT2D eigenvalue weighted by molar-refractivity contribution is -0.160. The molecule has 0 aromatic rings. The summed E-state index contributed by atoms with van der Waals surface area (Å²) in [5.41, 5.74) is -0.999. The van der Waals surface area contributed by atoms with E-state index in [9.17, 15) is 9.59 Å². The van der Waals surface area contributed by atoms with Crippen molar-refractivity contribution in [2.24, 2.45) is 5.92 Å². The van der Waals surface area contributed by atoms with Crippen LogP contribution in [0.15, 0.2) is 0 Å². The molecule has 4 nitrogen and oxygen atoms in total. The Labute approximate surface area is 103 Å². The molecule has 2 fully saturated rings. The molecule has 17 heavy (non-hydrogen) atoms. The average Bonchev–Trinajstić information content (AvgIpc) is 2.96. The highest BCUT2D eigenvalue weighted by molar-refractivity contribution is 6.00. The Morgan fingerprint density at radius 2 is 1.82 bits per heavy atom. The molecule has 2 aliphatic rings. The Morgan fingerprint density at radius 3 is 2.24 bits per heavy atom. The molecule has 1 heterocycles. The van der Waals surface area contributed by atoms with Gasteiger partial charge in [-0.3, -0.25) is 9.59 Å². The zero-order valence-electron chi connectivity index (χ0n) is 11.3. The minimum absolute atomic E-state index is 0.0334. The van der Waals surface area contributed by atoms with Crippen molar-refractivity contribution in [1.29, 1.82) is 0 Å². The van der Waals surface area contributed by atoms with Gasteiger partial charge in [-0.05, 0) is 53.4 Å². The number of carbonyl (C=O) groups excluding carboxylic acids is 2. The summed E-state index contributed by atoms with van der Waals surface area (Å²) in [6.45, 7) is 9.61. The fraction of sp³-hybridized carbons (Fsp3) is 0.846. The molecule has 1 aliphatic carbocycles. The second-order valence-electron chi connectivity index (χ2n) is 6.49. The van der Waals surface area contributed by atoms with Crippen LogP contribution < -0.4 is 5.32 Å². The summed E-state index contributed by atoms with van der Waals surface area (Å²) in [7, 11) is 0. The van der Waals surface area contributed by atoms with Gasteiger partial charge >= 0.3 is 0 Å². The van der Waals surface area contributed by atoms with Gasteiger partial charge < -0.3 is 10.2 Å². The van der Waals surface area contributed by atoms with Crippen LogP contribution >= 0.6 is 0 Å². The monoisotopic (exact) mass is 238 g/mol. The summed E-state index contributed by atoms with van der Waals surface area (Å²) in [6, 6.07) is -0.380. The number of amides is 2. The first kappa shape index (κ1) is 12.4. The summed E-state index contributed by atoms with van der Waals surface area (Å²) in [4.78, 5) is 26.4. The second-order valence-corrected chi connectivity index (χ2v) is 6.49. The largest absolute Gasteiger partial charge is 0.340 e. The standard InChI is InChI=1S/C13H22N2O2/c1-8-10(16)14-13(5,9-6-7-9)11(17)15(8)12(2,3)4/h8-9H,6-7H2,1-5H3,(H,14,16). The van der Waals surface area contributed by atoms with Crippen LogP contribution in [0.3, 0.4) is 0 Å². The van der Waals surface area contributed by atoms with Crippen molar-refractivity contribution in [2.75, 3.05) is 0 Å². The van der Waals surface area contributed by atoms with E-state index in [2.05, 4.69) is 5.32 Å². The van der Waals surface area contributed by atoms with E-state index in [4.69, 9.17) is 0 Å². The molecule has 0 spiro atoms. The van der Waals surface area contributed by atoms with Crippen LogP contribution in [-0.2, 0) is 9.59 Å². The Hall–Kier alpha value is -1.06. The Morgan fingerprint density at radius 1 is 1.29 bits per heavy atom. The van der Waals surface area contributed by atoms with E-state index < -0.39 is 5.54 Å². The lowest BCUT2D eigenvalue weighted by Crippen LogP contribution is -2.72. The van der Waals surface area contributed by atoms with Crippen LogP contribution in [0.25, 0.3) is 0 Å². The maximum Gasteiger partial charge on any atom is 0.249 e. The summed E-state index contributed by atoms with van der Waals surface area (Å²) in [6.07, 6.45) is 2.07. The first-order valence-electron chi connectivity index (χ1n) is 6.33. The highest BCUT2D eigenvalue weighted by Gasteiger charge is 2.56. The molecule has 2 unspecified atom stereocenters. The van der Waals surface area contributed by atoms with Gasteiger partial charge in [-0.2, -0.15) is 0 Å². The molecule has 1 saturated heterocycles. The Bertz CT molecular complexity index is 368. The van der Waals surface area contributed by atoms with Crippen LogP contribution in [0.1, 0.15) is 47.5 Å². The number of hydrogen-bond acceptors (Lipinski definition) is 2. The normalized spacial score (nSPS) is 34.9. The number of nitrogens with one attached hydrogen (secondary N) is 1. The Balaban J connectivity index is 2.37. The van der Waals surface area contributed by atoms with Crippen molar-refractivity contribution in [3.05, 3.63) is 0 Å². The first-order valence-corrected chi connectivity index (χ1v) is 6.33. The van der Waals surface area contributed by atoms with E-state index in [1.165, 1.54) is 0 Å². The quantitative estimate of drug-likeness (QED) is 0.748. The minimum Gasteiger partial charge on any atom is -0.340 e. The van der Waals surface area contributed by atoms with Crippen LogP contribution in [0.4, 0.5) is 0 Å². The predicted octanol–water partition coefficient (Wildman–Crippen LogP) is 1.30. The third-order valence-corrected chi connectivity index (χ3v) is 3.93. The lowest BCUT2D eigenvalue weighted by Gasteiger charge is -2.49. The molecule has 2 rings (SSSR count). The van der Waals surface area contributed by atoms with Gasteiger partial charge in [-0.1, -0.05) is 0 Å². The number of piperazine rings is 1. The van der Waals surface area contributed by atoms with Gasteiger partial charge in [0.25, 0.3) is 0 Å². The zero-order chi connectivity index (χ0) is 13.0. The summed E-state index contributed by atoms with van der Waals surface area (Å²) in [5.74, 6) is 0.352. The highest BCUT2D eigenvalue weighted by atomic mass is 16.2. The molecule has 1 aliphatic heterocycles. The lowest BCUT2D eigenvalue weighted by atomic mass is 9.86. The molecule has 0 aromatic carbocycles.